The summed E-state index contributed by atoms with van der Waals surface area (Å²) < 4.78 is 50.0. The summed E-state index contributed by atoms with van der Waals surface area (Å²) in [6, 6.07) is 12.7. The predicted octanol–water partition coefficient (Wildman–Crippen LogP) is 5.82. The van der Waals surface area contributed by atoms with E-state index in [1.165, 1.54) is 31.7 Å². The van der Waals surface area contributed by atoms with E-state index in [1.807, 2.05) is 0 Å². The van der Waals surface area contributed by atoms with E-state index in [0.29, 0.717) is 22.8 Å². The second kappa shape index (κ2) is 9.03. The zero-order chi connectivity index (χ0) is 23.4. The SMILES string of the molecule is COc1ccc(NC(=O)c2cccc(C(F)(F)F)c2)cc1N(c1cccnc1)c1ncco1. The highest BCUT2D eigenvalue weighted by Crippen LogP contribution is 2.40. The van der Waals surface area contributed by atoms with E-state index >= 15 is 0 Å². The minimum absolute atomic E-state index is 0.126. The van der Waals surface area contributed by atoms with Crippen molar-refractivity contribution >= 4 is 29.0 Å². The first kappa shape index (κ1) is 21.9. The molecule has 4 rings (SSSR count). The molecule has 2 aromatic heterocycles. The molecular formula is C23H17F3N4O3. The number of carbonyl (C=O) groups excluding carboxylic acids is 1. The normalized spacial score (nSPS) is 11.2. The molecule has 10 heteroatoms. The maximum Gasteiger partial charge on any atom is 0.416 e. The third kappa shape index (κ3) is 4.79. The van der Waals surface area contributed by atoms with Gasteiger partial charge in [0, 0.05) is 17.4 Å². The number of aromatic nitrogens is 2. The summed E-state index contributed by atoms with van der Waals surface area (Å²) in [5.41, 5.74) is 0.374. The average molecular weight is 454 g/mol. The summed E-state index contributed by atoms with van der Waals surface area (Å²) in [4.78, 5) is 22.6. The number of amides is 1. The Bertz CT molecular complexity index is 1250. The second-order valence-corrected chi connectivity index (χ2v) is 6.78. The average Bonchev–Trinajstić information content (AvgIpc) is 3.34. The molecule has 0 fully saturated rings. The van der Waals surface area contributed by atoms with Gasteiger partial charge >= 0.3 is 12.2 Å². The van der Waals surface area contributed by atoms with Crippen LogP contribution in [0.15, 0.2) is 83.9 Å². The highest BCUT2D eigenvalue weighted by molar-refractivity contribution is 6.04. The van der Waals surface area contributed by atoms with Crippen molar-refractivity contribution in [2.75, 3.05) is 17.3 Å². The highest BCUT2D eigenvalue weighted by Gasteiger charge is 2.31. The summed E-state index contributed by atoms with van der Waals surface area (Å²) in [7, 11) is 1.48. The number of benzene rings is 2. The fraction of sp³-hybridized carbons (Fsp3) is 0.0870. The molecule has 0 atom stereocenters. The van der Waals surface area contributed by atoms with Crippen LogP contribution in [0.3, 0.4) is 0 Å². The van der Waals surface area contributed by atoms with Gasteiger partial charge in [0.25, 0.3) is 5.91 Å². The Hall–Kier alpha value is -4.34. The molecule has 168 valence electrons. The van der Waals surface area contributed by atoms with Gasteiger partial charge in [-0.25, -0.2) is 4.98 Å². The van der Waals surface area contributed by atoms with Gasteiger partial charge in [-0.05, 0) is 48.5 Å². The van der Waals surface area contributed by atoms with E-state index in [4.69, 9.17) is 9.15 Å². The quantitative estimate of drug-likeness (QED) is 0.396. The number of oxazole rings is 1. The Morgan fingerprint density at radius 1 is 1.09 bits per heavy atom. The van der Waals surface area contributed by atoms with Crippen LogP contribution in [0.2, 0.25) is 0 Å². The molecule has 0 aliphatic heterocycles. The summed E-state index contributed by atoms with van der Waals surface area (Å²) in [6.07, 6.45) is 1.54. The van der Waals surface area contributed by atoms with Crippen molar-refractivity contribution in [2.24, 2.45) is 0 Å². The number of anilines is 4. The third-order valence-electron chi connectivity index (χ3n) is 4.64. The van der Waals surface area contributed by atoms with Crippen molar-refractivity contribution < 1.29 is 27.1 Å². The van der Waals surface area contributed by atoms with Crippen molar-refractivity contribution in [1.82, 2.24) is 9.97 Å². The molecule has 7 nitrogen and oxygen atoms in total. The lowest BCUT2D eigenvalue weighted by atomic mass is 10.1. The molecule has 0 radical (unpaired) electrons. The number of nitrogens with one attached hydrogen (secondary N) is 1. The molecule has 0 aliphatic carbocycles. The van der Waals surface area contributed by atoms with E-state index in [1.54, 1.807) is 47.6 Å². The van der Waals surface area contributed by atoms with Crippen LogP contribution >= 0.6 is 0 Å². The summed E-state index contributed by atoms with van der Waals surface area (Å²) >= 11 is 0. The van der Waals surface area contributed by atoms with Crippen LogP contribution in [0.1, 0.15) is 15.9 Å². The topological polar surface area (TPSA) is 80.5 Å². The van der Waals surface area contributed by atoms with Crippen molar-refractivity contribution in [2.45, 2.75) is 6.18 Å². The molecule has 2 heterocycles. The number of rotatable bonds is 6. The molecule has 0 bridgehead atoms. The number of hydrogen-bond donors (Lipinski definition) is 1. The van der Waals surface area contributed by atoms with Crippen molar-refractivity contribution in [3.05, 3.63) is 90.6 Å². The predicted molar refractivity (Wildman–Crippen MR) is 115 cm³/mol. The van der Waals surface area contributed by atoms with E-state index in [-0.39, 0.29) is 11.6 Å². The van der Waals surface area contributed by atoms with Crippen LogP contribution in [0.25, 0.3) is 0 Å². The van der Waals surface area contributed by atoms with Gasteiger partial charge in [0.15, 0.2) is 0 Å². The number of hydrogen-bond acceptors (Lipinski definition) is 6. The first-order chi connectivity index (χ1) is 15.9. The minimum atomic E-state index is -4.55. The summed E-state index contributed by atoms with van der Waals surface area (Å²) in [5, 5.41) is 2.63. The zero-order valence-electron chi connectivity index (χ0n) is 17.2. The molecule has 1 amide bonds. The largest absolute Gasteiger partial charge is 0.495 e. The van der Waals surface area contributed by atoms with Crippen molar-refractivity contribution in [3.8, 4) is 5.75 Å². The molecule has 4 aromatic rings. The number of pyridine rings is 1. The molecule has 0 aliphatic rings. The van der Waals surface area contributed by atoms with E-state index in [0.717, 1.165) is 12.1 Å². The molecule has 0 unspecified atom stereocenters. The lowest BCUT2D eigenvalue weighted by molar-refractivity contribution is -0.137. The highest BCUT2D eigenvalue weighted by atomic mass is 19.4. The van der Waals surface area contributed by atoms with E-state index < -0.39 is 17.6 Å². The molecule has 33 heavy (non-hydrogen) atoms. The molecule has 1 N–H and O–H groups in total. The minimum Gasteiger partial charge on any atom is -0.495 e. The Labute approximate surface area is 186 Å². The maximum atomic E-state index is 13.0. The first-order valence-electron chi connectivity index (χ1n) is 9.63. The lowest BCUT2D eigenvalue weighted by Gasteiger charge is -2.23. The number of nitrogens with zero attached hydrogens (tertiary/aromatic N) is 3. The van der Waals surface area contributed by atoms with Crippen molar-refractivity contribution in [1.29, 1.82) is 0 Å². The number of alkyl halides is 3. The third-order valence-corrected chi connectivity index (χ3v) is 4.64. The monoisotopic (exact) mass is 454 g/mol. The Kier molecular flexibility index (Phi) is 5.99. The zero-order valence-corrected chi connectivity index (χ0v) is 17.2. The van der Waals surface area contributed by atoms with Gasteiger partial charge in [0.2, 0.25) is 0 Å². The van der Waals surface area contributed by atoms with E-state index in [9.17, 15) is 18.0 Å². The van der Waals surface area contributed by atoms with Crippen LogP contribution in [-0.2, 0) is 6.18 Å². The lowest BCUT2D eigenvalue weighted by Crippen LogP contribution is -2.15. The van der Waals surface area contributed by atoms with Gasteiger partial charge in [-0.2, -0.15) is 13.2 Å². The van der Waals surface area contributed by atoms with Crippen molar-refractivity contribution in [3.63, 3.8) is 0 Å². The molecule has 0 spiro atoms. The maximum absolute atomic E-state index is 13.0. The fourth-order valence-corrected chi connectivity index (χ4v) is 3.15. The van der Waals surface area contributed by atoms with Gasteiger partial charge in [-0.3, -0.25) is 14.7 Å². The molecule has 0 saturated heterocycles. The van der Waals surface area contributed by atoms with Crippen LogP contribution in [0, 0.1) is 0 Å². The van der Waals surface area contributed by atoms with Crippen LogP contribution in [0.5, 0.6) is 5.75 Å². The standard InChI is InChI=1S/C23H17F3N4O3/c1-32-20-8-7-17(29-21(31)15-4-2-5-16(12-15)23(24,25)26)13-19(20)30(22-28-10-11-33-22)18-6-3-9-27-14-18/h2-14H,1H3,(H,29,31). The van der Waals surface area contributed by atoms with Crippen LogP contribution in [0.4, 0.5) is 36.2 Å². The summed E-state index contributed by atoms with van der Waals surface area (Å²) in [6.45, 7) is 0. The second-order valence-electron chi connectivity index (χ2n) is 6.78. The van der Waals surface area contributed by atoms with Gasteiger partial charge in [-0.1, -0.05) is 6.07 Å². The molecular weight excluding hydrogens is 437 g/mol. The van der Waals surface area contributed by atoms with Gasteiger partial charge in [0.05, 0.1) is 36.4 Å². The Balaban J connectivity index is 1.70. The fourth-order valence-electron chi connectivity index (χ4n) is 3.15. The van der Waals surface area contributed by atoms with Gasteiger partial charge < -0.3 is 14.5 Å². The number of ether oxygens (including phenoxy) is 1. The Morgan fingerprint density at radius 2 is 1.94 bits per heavy atom. The molecule has 0 saturated carbocycles. The smallest absolute Gasteiger partial charge is 0.416 e. The Morgan fingerprint density at radius 3 is 2.61 bits per heavy atom. The number of carbonyl (C=O) groups is 1. The van der Waals surface area contributed by atoms with E-state index in [2.05, 4.69) is 15.3 Å². The molecule has 2 aromatic carbocycles. The van der Waals surface area contributed by atoms with Crippen LogP contribution < -0.4 is 15.0 Å². The number of halogens is 3. The number of methoxy groups -OCH3 is 1. The first-order valence-corrected chi connectivity index (χ1v) is 9.63. The summed E-state index contributed by atoms with van der Waals surface area (Å²) in [5.74, 6) is -0.254. The van der Waals surface area contributed by atoms with Crippen LogP contribution in [-0.4, -0.2) is 23.0 Å². The van der Waals surface area contributed by atoms with Gasteiger partial charge in [-0.15, -0.1) is 0 Å². The van der Waals surface area contributed by atoms with Gasteiger partial charge in [0.1, 0.15) is 12.0 Å².